The molecule has 0 radical (unpaired) electrons. The van der Waals surface area contributed by atoms with Gasteiger partial charge in [-0.3, -0.25) is 0 Å². The van der Waals surface area contributed by atoms with E-state index in [1.807, 2.05) is 6.07 Å². The summed E-state index contributed by atoms with van der Waals surface area (Å²) in [7, 11) is 1.53. The topological polar surface area (TPSA) is 46.5 Å². The van der Waals surface area contributed by atoms with Crippen LogP contribution in [0.1, 0.15) is 40.2 Å². The van der Waals surface area contributed by atoms with Gasteiger partial charge in [0.25, 0.3) is 0 Å². The van der Waals surface area contributed by atoms with E-state index in [0.29, 0.717) is 28.4 Å². The summed E-state index contributed by atoms with van der Waals surface area (Å²) in [5.74, 6) is -0.381. The van der Waals surface area contributed by atoms with Crippen LogP contribution in [0.4, 0.5) is 4.39 Å². The Hall–Kier alpha value is -2.36. The Morgan fingerprint density at radius 2 is 1.95 bits per heavy atom. The van der Waals surface area contributed by atoms with E-state index in [4.69, 9.17) is 4.74 Å². The second-order valence-electron chi connectivity index (χ2n) is 5.69. The fourth-order valence-electron chi connectivity index (χ4n) is 2.72. The summed E-state index contributed by atoms with van der Waals surface area (Å²) in [5.41, 5.74) is 2.72. The minimum Gasteiger partial charge on any atom is -0.497 e. The van der Waals surface area contributed by atoms with Crippen molar-refractivity contribution in [3.63, 3.8) is 0 Å². The molecule has 22 heavy (non-hydrogen) atoms. The van der Waals surface area contributed by atoms with Crippen molar-refractivity contribution in [3.8, 4) is 16.9 Å². The number of halogens is 1. The van der Waals surface area contributed by atoms with E-state index in [0.717, 1.165) is 18.4 Å². The molecule has 0 aromatic heterocycles. The Bertz CT molecular complexity index is 748. The zero-order valence-corrected chi connectivity index (χ0v) is 12.5. The first-order chi connectivity index (χ1) is 10.5. The summed E-state index contributed by atoms with van der Waals surface area (Å²) < 4.78 is 19.8. The van der Waals surface area contributed by atoms with Crippen LogP contribution in [-0.4, -0.2) is 18.2 Å². The van der Waals surface area contributed by atoms with Crippen LogP contribution < -0.4 is 4.74 Å². The first-order valence-corrected chi connectivity index (χ1v) is 7.23. The number of benzene rings is 2. The Morgan fingerprint density at radius 3 is 2.55 bits per heavy atom. The number of carboxylic acid groups (broad SMARTS) is 1. The molecule has 0 unspecified atom stereocenters. The van der Waals surface area contributed by atoms with Crippen LogP contribution in [-0.2, 0) is 0 Å². The predicted molar refractivity (Wildman–Crippen MR) is 82.1 cm³/mol. The van der Waals surface area contributed by atoms with Crippen LogP contribution in [0, 0.1) is 12.7 Å². The van der Waals surface area contributed by atoms with Gasteiger partial charge in [-0.2, -0.15) is 0 Å². The normalized spacial score (nSPS) is 14.0. The van der Waals surface area contributed by atoms with E-state index in [1.54, 1.807) is 31.2 Å². The molecule has 4 heteroatoms. The highest BCUT2D eigenvalue weighted by atomic mass is 19.1. The molecule has 1 fully saturated rings. The molecule has 114 valence electrons. The Kier molecular flexibility index (Phi) is 3.61. The van der Waals surface area contributed by atoms with Gasteiger partial charge in [0.15, 0.2) is 0 Å². The maximum Gasteiger partial charge on any atom is 0.335 e. The van der Waals surface area contributed by atoms with Crippen LogP contribution in [0.15, 0.2) is 30.3 Å². The SMILES string of the molecule is COc1cc(C)c(F)c(-c2cc(C(=O)O)ccc2C2CC2)c1. The third-order valence-electron chi connectivity index (χ3n) is 4.07. The zero-order chi connectivity index (χ0) is 15.9. The van der Waals surface area contributed by atoms with Gasteiger partial charge in [0.1, 0.15) is 11.6 Å². The summed E-state index contributed by atoms with van der Waals surface area (Å²) >= 11 is 0. The molecule has 0 bridgehead atoms. The maximum atomic E-state index is 14.6. The minimum atomic E-state index is -1.01. The maximum absolute atomic E-state index is 14.6. The minimum absolute atomic E-state index is 0.166. The number of hydrogen-bond acceptors (Lipinski definition) is 2. The van der Waals surface area contributed by atoms with Gasteiger partial charge in [0, 0.05) is 5.56 Å². The van der Waals surface area contributed by atoms with Gasteiger partial charge in [-0.25, -0.2) is 9.18 Å². The first kappa shape index (κ1) is 14.6. The summed E-state index contributed by atoms with van der Waals surface area (Å²) in [5, 5.41) is 9.21. The average molecular weight is 300 g/mol. The van der Waals surface area contributed by atoms with Gasteiger partial charge in [0.05, 0.1) is 12.7 Å². The van der Waals surface area contributed by atoms with Crippen LogP contribution in [0.2, 0.25) is 0 Å². The molecule has 0 saturated heterocycles. The third-order valence-corrected chi connectivity index (χ3v) is 4.07. The largest absolute Gasteiger partial charge is 0.497 e. The van der Waals surface area contributed by atoms with Crippen LogP contribution in [0.25, 0.3) is 11.1 Å². The van der Waals surface area contributed by atoms with Crippen molar-refractivity contribution in [2.75, 3.05) is 7.11 Å². The quantitative estimate of drug-likeness (QED) is 0.911. The molecule has 3 nitrogen and oxygen atoms in total. The van der Waals surface area contributed by atoms with Gasteiger partial charge in [-0.05, 0) is 66.6 Å². The van der Waals surface area contributed by atoms with E-state index < -0.39 is 5.97 Å². The average Bonchev–Trinajstić information content (AvgIpc) is 3.34. The molecule has 1 saturated carbocycles. The second kappa shape index (κ2) is 5.44. The molecule has 2 aromatic rings. The first-order valence-electron chi connectivity index (χ1n) is 7.23. The Morgan fingerprint density at radius 1 is 1.23 bits per heavy atom. The molecule has 0 heterocycles. The Balaban J connectivity index is 2.23. The fourth-order valence-corrected chi connectivity index (χ4v) is 2.72. The molecule has 0 aliphatic heterocycles. The van der Waals surface area contributed by atoms with Crippen LogP contribution >= 0.6 is 0 Å². The van der Waals surface area contributed by atoms with Crippen molar-refractivity contribution < 1.29 is 19.0 Å². The number of carboxylic acids is 1. The smallest absolute Gasteiger partial charge is 0.335 e. The molecular weight excluding hydrogens is 283 g/mol. The van der Waals surface area contributed by atoms with Gasteiger partial charge in [0.2, 0.25) is 0 Å². The van der Waals surface area contributed by atoms with Crippen molar-refractivity contribution in [1.82, 2.24) is 0 Å². The molecule has 3 rings (SSSR count). The summed E-state index contributed by atoms with van der Waals surface area (Å²) in [6.07, 6.45) is 2.12. The summed E-state index contributed by atoms with van der Waals surface area (Å²) in [6.45, 7) is 1.68. The van der Waals surface area contributed by atoms with Crippen LogP contribution in [0.3, 0.4) is 0 Å². The number of aryl methyl sites for hydroxylation is 1. The van der Waals surface area contributed by atoms with E-state index in [9.17, 15) is 14.3 Å². The fraction of sp³-hybridized carbons (Fsp3) is 0.278. The van der Waals surface area contributed by atoms with Crippen molar-refractivity contribution >= 4 is 5.97 Å². The predicted octanol–water partition coefficient (Wildman–Crippen LogP) is 4.39. The van der Waals surface area contributed by atoms with Gasteiger partial charge in [-0.1, -0.05) is 6.07 Å². The lowest BCUT2D eigenvalue weighted by Crippen LogP contribution is -2.00. The number of carbonyl (C=O) groups is 1. The number of methoxy groups -OCH3 is 1. The molecule has 0 amide bonds. The zero-order valence-electron chi connectivity index (χ0n) is 12.5. The van der Waals surface area contributed by atoms with Crippen molar-refractivity contribution in [3.05, 3.63) is 52.8 Å². The van der Waals surface area contributed by atoms with Gasteiger partial charge in [-0.15, -0.1) is 0 Å². The lowest BCUT2D eigenvalue weighted by atomic mass is 9.93. The second-order valence-corrected chi connectivity index (χ2v) is 5.69. The third kappa shape index (κ3) is 2.56. The highest BCUT2D eigenvalue weighted by molar-refractivity contribution is 5.90. The van der Waals surface area contributed by atoms with Crippen molar-refractivity contribution in [2.45, 2.75) is 25.7 Å². The molecule has 1 aliphatic carbocycles. The number of aromatic carboxylic acids is 1. The molecule has 1 N–H and O–H groups in total. The highest BCUT2D eigenvalue weighted by Gasteiger charge is 2.28. The van der Waals surface area contributed by atoms with E-state index in [1.165, 1.54) is 7.11 Å². The number of ether oxygens (including phenoxy) is 1. The number of hydrogen-bond donors (Lipinski definition) is 1. The standard InChI is InChI=1S/C18H17FO3/c1-10-7-13(22-2)9-16(17(10)19)15-8-12(18(20)21)5-6-14(15)11-3-4-11/h5-9,11H,3-4H2,1-2H3,(H,20,21). The Labute approximate surface area is 128 Å². The summed E-state index contributed by atoms with van der Waals surface area (Å²) in [6, 6.07) is 8.23. The summed E-state index contributed by atoms with van der Waals surface area (Å²) in [4.78, 5) is 11.2. The molecule has 0 atom stereocenters. The molecule has 2 aromatic carbocycles. The van der Waals surface area contributed by atoms with E-state index in [-0.39, 0.29) is 11.4 Å². The lowest BCUT2D eigenvalue weighted by molar-refractivity contribution is 0.0697. The van der Waals surface area contributed by atoms with Gasteiger partial charge >= 0.3 is 5.97 Å². The van der Waals surface area contributed by atoms with Crippen molar-refractivity contribution in [2.24, 2.45) is 0 Å². The molecular formula is C18H17FO3. The monoisotopic (exact) mass is 300 g/mol. The van der Waals surface area contributed by atoms with E-state index >= 15 is 0 Å². The van der Waals surface area contributed by atoms with Crippen molar-refractivity contribution in [1.29, 1.82) is 0 Å². The van der Waals surface area contributed by atoms with Gasteiger partial charge < -0.3 is 9.84 Å². The number of rotatable bonds is 4. The molecule has 1 aliphatic rings. The lowest BCUT2D eigenvalue weighted by Gasteiger charge is -2.14. The highest BCUT2D eigenvalue weighted by Crippen LogP contribution is 2.45. The van der Waals surface area contributed by atoms with Crippen LogP contribution in [0.5, 0.6) is 5.75 Å². The van der Waals surface area contributed by atoms with E-state index in [2.05, 4.69) is 0 Å². The molecule has 0 spiro atoms.